The molecule has 1 atom stereocenters. The van der Waals surface area contributed by atoms with Crippen molar-refractivity contribution in [1.82, 2.24) is 9.21 Å². The van der Waals surface area contributed by atoms with E-state index in [0.29, 0.717) is 31.5 Å². The van der Waals surface area contributed by atoms with Crippen LogP contribution in [0.25, 0.3) is 0 Å². The Bertz CT molecular complexity index is 1080. The molecule has 0 saturated carbocycles. The highest BCUT2D eigenvalue weighted by Crippen LogP contribution is 2.37. The lowest BCUT2D eigenvalue weighted by molar-refractivity contribution is -0.139. The largest absolute Gasteiger partial charge is 0.335 e. The third kappa shape index (κ3) is 4.21. The van der Waals surface area contributed by atoms with Crippen molar-refractivity contribution in [2.24, 2.45) is 5.92 Å². The number of ketones is 1. The molecule has 4 rings (SSSR count). The van der Waals surface area contributed by atoms with Crippen LogP contribution in [-0.4, -0.2) is 48.9 Å². The van der Waals surface area contributed by atoms with Gasteiger partial charge in [-0.2, -0.15) is 4.31 Å². The Morgan fingerprint density at radius 3 is 2.55 bits per heavy atom. The van der Waals surface area contributed by atoms with Crippen LogP contribution in [0.3, 0.4) is 0 Å². The van der Waals surface area contributed by atoms with Gasteiger partial charge in [-0.15, -0.1) is 11.3 Å². The van der Waals surface area contributed by atoms with Gasteiger partial charge in [0.25, 0.3) is 0 Å². The van der Waals surface area contributed by atoms with E-state index in [2.05, 4.69) is 18.4 Å². The van der Waals surface area contributed by atoms with E-state index in [1.54, 1.807) is 23.5 Å². The SMILES string of the molecule is CC[C@@H]1c2ccsc2CCN1C(=O)C1CCN(S(=O)(=O)c2cccc(C(C)=O)c2)CC1. The van der Waals surface area contributed by atoms with Gasteiger partial charge in [-0.25, -0.2) is 8.42 Å². The minimum atomic E-state index is -3.68. The van der Waals surface area contributed by atoms with Crippen molar-refractivity contribution in [3.05, 3.63) is 51.7 Å². The second kappa shape index (κ2) is 8.84. The Hall–Kier alpha value is -2.03. The fraction of sp³-hybridized carbons (Fsp3) is 0.478. The molecule has 0 radical (unpaired) electrons. The lowest BCUT2D eigenvalue weighted by atomic mass is 9.92. The molecule has 1 amide bonds. The summed E-state index contributed by atoms with van der Waals surface area (Å²) in [6, 6.07) is 8.44. The van der Waals surface area contributed by atoms with Crippen molar-refractivity contribution < 1.29 is 18.0 Å². The Labute approximate surface area is 187 Å². The van der Waals surface area contributed by atoms with Gasteiger partial charge in [0.1, 0.15) is 0 Å². The molecule has 0 unspecified atom stereocenters. The number of hydrogen-bond acceptors (Lipinski definition) is 5. The van der Waals surface area contributed by atoms with Gasteiger partial charge >= 0.3 is 0 Å². The summed E-state index contributed by atoms with van der Waals surface area (Å²) >= 11 is 1.77. The molecule has 8 heteroatoms. The van der Waals surface area contributed by atoms with Crippen molar-refractivity contribution in [2.75, 3.05) is 19.6 Å². The Morgan fingerprint density at radius 1 is 1.13 bits per heavy atom. The average Bonchev–Trinajstić information content (AvgIpc) is 3.27. The highest BCUT2D eigenvalue weighted by molar-refractivity contribution is 7.89. The van der Waals surface area contributed by atoms with Gasteiger partial charge in [0, 0.05) is 36.0 Å². The Kier molecular flexibility index (Phi) is 6.32. The molecule has 0 spiro atoms. The summed E-state index contributed by atoms with van der Waals surface area (Å²) in [6.07, 6.45) is 2.83. The summed E-state index contributed by atoms with van der Waals surface area (Å²) in [5.41, 5.74) is 1.66. The van der Waals surface area contributed by atoms with E-state index < -0.39 is 10.0 Å². The third-order valence-electron chi connectivity index (χ3n) is 6.45. The maximum absolute atomic E-state index is 13.3. The molecule has 1 saturated heterocycles. The number of carbonyl (C=O) groups is 2. The molecule has 2 aromatic rings. The van der Waals surface area contributed by atoms with Gasteiger partial charge in [-0.3, -0.25) is 9.59 Å². The Morgan fingerprint density at radius 2 is 1.87 bits per heavy atom. The first-order chi connectivity index (χ1) is 14.8. The fourth-order valence-electron chi connectivity index (χ4n) is 4.70. The van der Waals surface area contributed by atoms with Gasteiger partial charge in [-0.05, 0) is 61.7 Å². The number of nitrogens with zero attached hydrogens (tertiary/aromatic N) is 2. The first-order valence-corrected chi connectivity index (χ1v) is 13.1. The summed E-state index contributed by atoms with van der Waals surface area (Å²) in [6.45, 7) is 4.91. The predicted molar refractivity (Wildman–Crippen MR) is 121 cm³/mol. The number of carbonyl (C=O) groups excluding carboxylic acids is 2. The third-order valence-corrected chi connectivity index (χ3v) is 9.34. The lowest BCUT2D eigenvalue weighted by Crippen LogP contribution is -2.47. The second-order valence-electron chi connectivity index (χ2n) is 8.27. The van der Waals surface area contributed by atoms with Gasteiger partial charge < -0.3 is 4.90 Å². The second-order valence-corrected chi connectivity index (χ2v) is 11.2. The van der Waals surface area contributed by atoms with Crippen LogP contribution in [0.15, 0.2) is 40.6 Å². The highest BCUT2D eigenvalue weighted by Gasteiger charge is 2.37. The molecule has 6 nitrogen and oxygen atoms in total. The first-order valence-electron chi connectivity index (χ1n) is 10.8. The molecule has 166 valence electrons. The Balaban J connectivity index is 1.44. The van der Waals surface area contributed by atoms with E-state index in [-0.39, 0.29) is 28.5 Å². The molecular formula is C23H28N2O4S2. The molecule has 0 bridgehead atoms. The molecular weight excluding hydrogens is 432 g/mol. The molecule has 0 N–H and O–H groups in total. The maximum atomic E-state index is 13.3. The van der Waals surface area contributed by atoms with E-state index in [9.17, 15) is 18.0 Å². The van der Waals surface area contributed by atoms with E-state index in [0.717, 1.165) is 19.4 Å². The number of rotatable bonds is 5. The number of benzene rings is 1. The number of hydrogen-bond donors (Lipinski definition) is 0. The number of thiophene rings is 1. The molecule has 1 aromatic carbocycles. The number of Topliss-reactive ketones (excluding diaryl/α,β-unsaturated/α-hetero) is 1. The van der Waals surface area contributed by atoms with E-state index in [4.69, 9.17) is 0 Å². The van der Waals surface area contributed by atoms with Crippen LogP contribution >= 0.6 is 11.3 Å². The van der Waals surface area contributed by atoms with E-state index in [1.165, 1.54) is 33.8 Å². The zero-order chi connectivity index (χ0) is 22.2. The fourth-order valence-corrected chi connectivity index (χ4v) is 7.15. The summed E-state index contributed by atoms with van der Waals surface area (Å²) in [5, 5.41) is 2.10. The van der Waals surface area contributed by atoms with Crippen LogP contribution in [0.1, 0.15) is 60.0 Å². The molecule has 1 fully saturated rings. The van der Waals surface area contributed by atoms with Crippen molar-refractivity contribution in [3.8, 4) is 0 Å². The number of piperidine rings is 1. The van der Waals surface area contributed by atoms with Crippen LogP contribution in [-0.2, 0) is 21.2 Å². The smallest absolute Gasteiger partial charge is 0.243 e. The number of sulfonamides is 1. The van der Waals surface area contributed by atoms with Crippen LogP contribution in [0.5, 0.6) is 0 Å². The summed E-state index contributed by atoms with van der Waals surface area (Å²) in [4.78, 5) is 28.5. The lowest BCUT2D eigenvalue weighted by Gasteiger charge is -2.39. The molecule has 31 heavy (non-hydrogen) atoms. The summed E-state index contributed by atoms with van der Waals surface area (Å²) in [5.74, 6) is -0.161. The standard InChI is InChI=1S/C23H28N2O4S2/c1-3-21-20-10-14-30-22(20)9-13-25(21)23(27)17-7-11-24(12-8-17)31(28,29)19-6-4-5-18(15-19)16(2)26/h4-6,10,14-15,17,21H,3,7-9,11-13H2,1-2H3/t21-/m1/s1. The minimum Gasteiger partial charge on any atom is -0.335 e. The van der Waals surface area contributed by atoms with Gasteiger partial charge in [0.2, 0.25) is 15.9 Å². The zero-order valence-corrected chi connectivity index (χ0v) is 19.5. The number of fused-ring (bicyclic) bond motifs is 1. The molecule has 1 aromatic heterocycles. The zero-order valence-electron chi connectivity index (χ0n) is 17.9. The minimum absolute atomic E-state index is 0.124. The maximum Gasteiger partial charge on any atom is 0.243 e. The monoisotopic (exact) mass is 460 g/mol. The van der Waals surface area contributed by atoms with Crippen molar-refractivity contribution in [2.45, 2.75) is 50.5 Å². The van der Waals surface area contributed by atoms with Gasteiger partial charge in [0.05, 0.1) is 10.9 Å². The van der Waals surface area contributed by atoms with Crippen LogP contribution < -0.4 is 0 Å². The van der Waals surface area contributed by atoms with E-state index in [1.807, 2.05) is 4.90 Å². The molecule has 0 aliphatic carbocycles. The quantitative estimate of drug-likeness (QED) is 0.635. The number of amides is 1. The summed E-state index contributed by atoms with van der Waals surface area (Å²) < 4.78 is 27.6. The van der Waals surface area contributed by atoms with E-state index >= 15 is 0 Å². The van der Waals surface area contributed by atoms with Crippen LogP contribution in [0.2, 0.25) is 0 Å². The topological polar surface area (TPSA) is 74.8 Å². The predicted octanol–water partition coefficient (Wildman–Crippen LogP) is 3.89. The van der Waals surface area contributed by atoms with Crippen LogP contribution in [0, 0.1) is 5.92 Å². The van der Waals surface area contributed by atoms with Gasteiger partial charge in [0.15, 0.2) is 5.78 Å². The molecule has 3 heterocycles. The summed E-state index contributed by atoms with van der Waals surface area (Å²) in [7, 11) is -3.68. The van der Waals surface area contributed by atoms with Crippen molar-refractivity contribution in [3.63, 3.8) is 0 Å². The van der Waals surface area contributed by atoms with Crippen molar-refractivity contribution >= 4 is 33.1 Å². The van der Waals surface area contributed by atoms with Crippen LogP contribution in [0.4, 0.5) is 0 Å². The molecule has 2 aliphatic heterocycles. The first kappa shape index (κ1) is 22.2. The van der Waals surface area contributed by atoms with Crippen molar-refractivity contribution in [1.29, 1.82) is 0 Å². The van der Waals surface area contributed by atoms with Gasteiger partial charge in [-0.1, -0.05) is 19.1 Å². The molecule has 2 aliphatic rings. The normalized spacial score (nSPS) is 20.5. The average molecular weight is 461 g/mol. The highest BCUT2D eigenvalue weighted by atomic mass is 32.2.